The third kappa shape index (κ3) is 40.8. The van der Waals surface area contributed by atoms with E-state index >= 15 is 0 Å². The molecule has 14 heteroatoms. The highest BCUT2D eigenvalue weighted by molar-refractivity contribution is 5.76. The van der Waals surface area contributed by atoms with Crippen molar-refractivity contribution in [1.82, 2.24) is 5.32 Å². The van der Waals surface area contributed by atoms with Crippen LogP contribution in [-0.4, -0.2) is 140 Å². The largest absolute Gasteiger partial charge is 0.394 e. The first-order valence-corrected chi connectivity index (χ1v) is 36.2. The van der Waals surface area contributed by atoms with Gasteiger partial charge in [-0.15, -0.1) is 0 Å². The van der Waals surface area contributed by atoms with Crippen molar-refractivity contribution in [2.45, 2.75) is 396 Å². The standard InChI is InChI=1S/C72H135NO13/c1-3-5-7-9-11-13-15-17-19-21-23-25-27-28-29-30-31-32-34-35-37-39-41-43-45-47-49-51-53-55-61(76)60(59-83-71-69(82)67(80)70(63(58-75)85-71)86-72-68(81)66(79)65(78)62(57-74)84-72)73-64(77)56-54-52-50-48-46-44-42-40-38-36-33-26-24-22-20-18-16-14-12-10-8-6-4-2/h16,18,22,24,53,55,60-63,65-72,74-76,78-82H,3-15,17,19-21,23,25-52,54,56-59H2,1-2H3,(H,73,77)/b18-16-,24-22-,55-53+. The van der Waals surface area contributed by atoms with Gasteiger partial charge in [-0.2, -0.15) is 0 Å². The molecule has 506 valence electrons. The molecule has 2 saturated heterocycles. The van der Waals surface area contributed by atoms with Crippen LogP contribution in [0.3, 0.4) is 0 Å². The molecular formula is C72H135NO13. The number of allylic oxidation sites excluding steroid dienone is 5. The van der Waals surface area contributed by atoms with Gasteiger partial charge in [-0.1, -0.05) is 301 Å². The summed E-state index contributed by atoms with van der Waals surface area (Å²) in [5.41, 5.74) is 0. The van der Waals surface area contributed by atoms with Gasteiger partial charge in [0.25, 0.3) is 0 Å². The van der Waals surface area contributed by atoms with E-state index in [-0.39, 0.29) is 18.9 Å². The number of unbranched alkanes of at least 4 members (excludes halogenated alkanes) is 43. The molecule has 0 aliphatic carbocycles. The molecule has 2 aliphatic rings. The Morgan fingerprint density at radius 1 is 0.419 bits per heavy atom. The maximum Gasteiger partial charge on any atom is 0.220 e. The summed E-state index contributed by atoms with van der Waals surface area (Å²) in [6, 6.07) is -0.917. The van der Waals surface area contributed by atoms with E-state index in [0.29, 0.717) is 6.42 Å². The van der Waals surface area contributed by atoms with Gasteiger partial charge in [-0.25, -0.2) is 0 Å². The van der Waals surface area contributed by atoms with Crippen LogP contribution in [0.25, 0.3) is 0 Å². The zero-order valence-corrected chi connectivity index (χ0v) is 55.1. The predicted octanol–water partition coefficient (Wildman–Crippen LogP) is 14.9. The van der Waals surface area contributed by atoms with Gasteiger partial charge in [0, 0.05) is 6.42 Å². The molecule has 0 radical (unpaired) electrons. The normalized spacial score (nSPS) is 23.6. The fourth-order valence-corrected chi connectivity index (χ4v) is 12.0. The molecule has 0 bridgehead atoms. The second-order valence-electron chi connectivity index (χ2n) is 25.7. The zero-order chi connectivity index (χ0) is 62.3. The van der Waals surface area contributed by atoms with Crippen molar-refractivity contribution in [3.05, 3.63) is 36.5 Å². The van der Waals surface area contributed by atoms with Gasteiger partial charge in [0.1, 0.15) is 48.8 Å². The van der Waals surface area contributed by atoms with Gasteiger partial charge in [0.15, 0.2) is 12.6 Å². The molecular weight excluding hydrogens is 1090 g/mol. The third-order valence-electron chi connectivity index (χ3n) is 17.8. The molecule has 1 amide bonds. The van der Waals surface area contributed by atoms with Gasteiger partial charge in [-0.05, 0) is 51.4 Å². The Morgan fingerprint density at radius 3 is 1.16 bits per heavy atom. The van der Waals surface area contributed by atoms with E-state index in [9.17, 15) is 45.6 Å². The van der Waals surface area contributed by atoms with Crippen LogP contribution < -0.4 is 5.32 Å². The first kappa shape index (κ1) is 80.3. The summed E-state index contributed by atoms with van der Waals surface area (Å²) in [4.78, 5) is 13.3. The molecule has 0 aromatic heterocycles. The van der Waals surface area contributed by atoms with E-state index in [2.05, 4.69) is 43.5 Å². The summed E-state index contributed by atoms with van der Waals surface area (Å²) < 4.78 is 22.9. The Balaban J connectivity index is 1.67. The van der Waals surface area contributed by atoms with E-state index in [1.165, 1.54) is 250 Å². The van der Waals surface area contributed by atoms with Crippen molar-refractivity contribution < 1.29 is 64.6 Å². The number of aliphatic hydroxyl groups is 8. The van der Waals surface area contributed by atoms with Crippen LogP contribution >= 0.6 is 0 Å². The second kappa shape index (κ2) is 57.1. The topological polar surface area (TPSA) is 228 Å². The molecule has 12 atom stereocenters. The van der Waals surface area contributed by atoms with Crippen LogP contribution in [-0.2, 0) is 23.7 Å². The van der Waals surface area contributed by atoms with E-state index < -0.39 is 86.8 Å². The van der Waals surface area contributed by atoms with Crippen LogP contribution in [0.4, 0.5) is 0 Å². The Morgan fingerprint density at radius 2 is 0.767 bits per heavy atom. The zero-order valence-electron chi connectivity index (χ0n) is 55.1. The van der Waals surface area contributed by atoms with E-state index in [4.69, 9.17) is 18.9 Å². The monoisotopic (exact) mass is 1220 g/mol. The molecule has 9 N–H and O–H groups in total. The minimum absolute atomic E-state index is 0.237. The molecule has 0 aromatic carbocycles. The Hall–Kier alpha value is -1.79. The fourth-order valence-electron chi connectivity index (χ4n) is 12.0. The average Bonchev–Trinajstić information content (AvgIpc) is 2.54. The van der Waals surface area contributed by atoms with Gasteiger partial charge in [0.05, 0.1) is 32.0 Å². The molecule has 2 rings (SSSR count). The van der Waals surface area contributed by atoms with E-state index in [1.807, 2.05) is 6.08 Å². The SMILES string of the molecule is CCCCCCC/C=C\C/C=C\CCCCCCCCCCCCCC(=O)NC(COC1OC(CO)C(OC2OC(CO)C(O)C(O)C2O)C(O)C1O)C(O)/C=C/CCCCCCCCCCCCCCCCCCCCCCCCCCCCC. The lowest BCUT2D eigenvalue weighted by Gasteiger charge is -2.46. The molecule has 0 spiro atoms. The molecule has 0 saturated carbocycles. The minimum atomic E-state index is -1.79. The maximum atomic E-state index is 13.3. The quantitative estimate of drug-likeness (QED) is 0.0204. The molecule has 2 aliphatic heterocycles. The average molecular weight is 1220 g/mol. The predicted molar refractivity (Wildman–Crippen MR) is 351 cm³/mol. The van der Waals surface area contributed by atoms with Crippen molar-refractivity contribution in [3.63, 3.8) is 0 Å². The lowest BCUT2D eigenvalue weighted by atomic mass is 9.97. The number of carbonyl (C=O) groups excluding carboxylic acids is 1. The van der Waals surface area contributed by atoms with Crippen LogP contribution in [0, 0.1) is 0 Å². The molecule has 0 aromatic rings. The van der Waals surface area contributed by atoms with Crippen LogP contribution in [0.2, 0.25) is 0 Å². The van der Waals surface area contributed by atoms with E-state index in [1.54, 1.807) is 6.08 Å². The molecule has 86 heavy (non-hydrogen) atoms. The van der Waals surface area contributed by atoms with Crippen LogP contribution in [0.15, 0.2) is 36.5 Å². The summed E-state index contributed by atoms with van der Waals surface area (Å²) in [6.45, 7) is 2.84. The van der Waals surface area contributed by atoms with Gasteiger partial charge < -0.3 is 65.1 Å². The Labute approximate surface area is 525 Å². The molecule has 2 fully saturated rings. The molecule has 14 nitrogen and oxygen atoms in total. The number of ether oxygens (including phenoxy) is 4. The minimum Gasteiger partial charge on any atom is -0.394 e. The van der Waals surface area contributed by atoms with Crippen LogP contribution in [0.5, 0.6) is 0 Å². The number of carbonyl (C=O) groups is 1. The van der Waals surface area contributed by atoms with Crippen molar-refractivity contribution in [1.29, 1.82) is 0 Å². The highest BCUT2D eigenvalue weighted by Crippen LogP contribution is 2.30. The lowest BCUT2D eigenvalue weighted by molar-refractivity contribution is -0.359. The molecule has 12 unspecified atom stereocenters. The Bertz CT molecular complexity index is 1580. The summed E-state index contributed by atoms with van der Waals surface area (Å²) in [5.74, 6) is -0.237. The fraction of sp³-hybridized carbons (Fsp3) is 0.903. The number of aliphatic hydroxyl groups excluding tert-OH is 8. The first-order chi connectivity index (χ1) is 42.1. The van der Waals surface area contributed by atoms with Crippen molar-refractivity contribution >= 4 is 5.91 Å². The Kier molecular flexibility index (Phi) is 53.4. The molecule has 2 heterocycles. The summed E-state index contributed by atoms with van der Waals surface area (Å²) >= 11 is 0. The highest BCUT2D eigenvalue weighted by Gasteiger charge is 2.51. The summed E-state index contributed by atoms with van der Waals surface area (Å²) in [6.07, 6.45) is 56.3. The smallest absolute Gasteiger partial charge is 0.220 e. The van der Waals surface area contributed by atoms with Crippen molar-refractivity contribution in [2.24, 2.45) is 0 Å². The van der Waals surface area contributed by atoms with Crippen LogP contribution in [0.1, 0.15) is 322 Å². The van der Waals surface area contributed by atoms with Crippen molar-refractivity contribution in [2.75, 3.05) is 19.8 Å². The second-order valence-corrected chi connectivity index (χ2v) is 25.7. The van der Waals surface area contributed by atoms with E-state index in [0.717, 1.165) is 44.9 Å². The number of nitrogens with one attached hydrogen (secondary N) is 1. The van der Waals surface area contributed by atoms with Gasteiger partial charge in [-0.3, -0.25) is 4.79 Å². The number of rotatable bonds is 60. The summed E-state index contributed by atoms with van der Waals surface area (Å²) in [5, 5.41) is 87.5. The number of amides is 1. The van der Waals surface area contributed by atoms with Crippen molar-refractivity contribution in [3.8, 4) is 0 Å². The lowest BCUT2D eigenvalue weighted by Crippen LogP contribution is -2.65. The van der Waals surface area contributed by atoms with Gasteiger partial charge in [0.2, 0.25) is 5.91 Å². The van der Waals surface area contributed by atoms with Gasteiger partial charge >= 0.3 is 0 Å². The third-order valence-corrected chi connectivity index (χ3v) is 17.8. The first-order valence-electron chi connectivity index (χ1n) is 36.2. The highest BCUT2D eigenvalue weighted by atomic mass is 16.7. The summed E-state index contributed by atoms with van der Waals surface area (Å²) in [7, 11) is 0. The number of hydrogen-bond donors (Lipinski definition) is 9. The number of hydrogen-bond acceptors (Lipinski definition) is 13. The maximum absolute atomic E-state index is 13.3.